The highest BCUT2D eigenvalue weighted by Crippen LogP contribution is 2.66. The molecule has 0 saturated heterocycles. The zero-order chi connectivity index (χ0) is 11.6. The Bertz CT molecular complexity index is 325. The second-order valence-corrected chi connectivity index (χ2v) is 8.22. The Morgan fingerprint density at radius 2 is 1.88 bits per heavy atom. The van der Waals surface area contributed by atoms with Gasteiger partial charge in [-0.1, -0.05) is 22.9 Å². The van der Waals surface area contributed by atoms with Crippen molar-refractivity contribution in [3.8, 4) is 0 Å². The first-order valence-electron chi connectivity index (χ1n) is 6.34. The van der Waals surface area contributed by atoms with E-state index in [0.717, 1.165) is 31.1 Å². The summed E-state index contributed by atoms with van der Waals surface area (Å²) in [6, 6.07) is 0. The van der Waals surface area contributed by atoms with Crippen LogP contribution in [-0.4, -0.2) is 15.4 Å². The SMILES string of the molecule is CC(C(=O)O)C12CC3CC(CC(Br)(C3)C1)C2. The molecule has 3 unspecified atom stereocenters. The summed E-state index contributed by atoms with van der Waals surface area (Å²) in [5.74, 6) is 0.790. The molecule has 0 radical (unpaired) electrons. The van der Waals surface area contributed by atoms with E-state index in [0.29, 0.717) is 0 Å². The molecule has 2 nitrogen and oxygen atoms in total. The number of halogens is 1. The first kappa shape index (κ1) is 11.1. The summed E-state index contributed by atoms with van der Waals surface area (Å²) in [6.45, 7) is 1.92. The summed E-state index contributed by atoms with van der Waals surface area (Å²) in [4.78, 5) is 11.3. The van der Waals surface area contributed by atoms with Gasteiger partial charge in [-0.2, -0.15) is 0 Å². The summed E-state index contributed by atoms with van der Waals surface area (Å²) >= 11 is 3.92. The van der Waals surface area contributed by atoms with E-state index in [2.05, 4.69) is 15.9 Å². The van der Waals surface area contributed by atoms with Crippen LogP contribution in [0, 0.1) is 23.2 Å². The van der Waals surface area contributed by atoms with Crippen LogP contribution >= 0.6 is 15.9 Å². The van der Waals surface area contributed by atoms with Gasteiger partial charge in [0.15, 0.2) is 0 Å². The average molecular weight is 287 g/mol. The third kappa shape index (κ3) is 1.47. The fraction of sp³-hybridized carbons (Fsp3) is 0.923. The molecule has 0 aromatic heterocycles. The van der Waals surface area contributed by atoms with Crippen molar-refractivity contribution in [2.24, 2.45) is 23.2 Å². The lowest BCUT2D eigenvalue weighted by Crippen LogP contribution is -2.56. The maximum atomic E-state index is 11.3. The van der Waals surface area contributed by atoms with Crippen LogP contribution in [0.25, 0.3) is 0 Å². The highest BCUT2D eigenvalue weighted by Gasteiger charge is 2.59. The van der Waals surface area contributed by atoms with Crippen molar-refractivity contribution >= 4 is 21.9 Å². The lowest BCUT2D eigenvalue weighted by molar-refractivity contribution is -0.154. The number of alkyl halides is 1. The predicted octanol–water partition coefficient (Wildman–Crippen LogP) is 3.44. The summed E-state index contributed by atoms with van der Waals surface area (Å²) in [5, 5.41) is 9.31. The van der Waals surface area contributed by atoms with E-state index in [1.54, 1.807) is 0 Å². The standard InChI is InChI=1S/C13H19BrO2/c1-8(11(15)16)12-3-9-2-10(4-12)6-13(14,5-9)7-12/h8-10H,2-7H2,1H3,(H,15,16). The van der Waals surface area contributed by atoms with E-state index in [-0.39, 0.29) is 15.7 Å². The molecule has 90 valence electrons. The number of rotatable bonds is 2. The average Bonchev–Trinajstić information content (AvgIpc) is 2.12. The molecule has 3 heteroatoms. The minimum atomic E-state index is -0.599. The first-order chi connectivity index (χ1) is 7.42. The second-order valence-electron chi connectivity index (χ2n) is 6.53. The summed E-state index contributed by atoms with van der Waals surface area (Å²) in [6.07, 6.45) is 7.30. The fourth-order valence-corrected chi connectivity index (χ4v) is 6.46. The summed E-state index contributed by atoms with van der Waals surface area (Å²) < 4.78 is 0.279. The molecule has 4 aliphatic rings. The molecule has 0 aromatic carbocycles. The lowest BCUT2D eigenvalue weighted by Gasteiger charge is -2.61. The van der Waals surface area contributed by atoms with Crippen LogP contribution in [0.5, 0.6) is 0 Å². The Kier molecular flexibility index (Phi) is 2.24. The van der Waals surface area contributed by atoms with Gasteiger partial charge in [-0.15, -0.1) is 0 Å². The van der Waals surface area contributed by atoms with Crippen molar-refractivity contribution in [1.82, 2.24) is 0 Å². The van der Waals surface area contributed by atoms with Crippen molar-refractivity contribution in [2.75, 3.05) is 0 Å². The highest BCUT2D eigenvalue weighted by molar-refractivity contribution is 9.10. The molecule has 4 rings (SSSR count). The molecule has 4 fully saturated rings. The van der Waals surface area contributed by atoms with Crippen molar-refractivity contribution < 1.29 is 9.90 Å². The smallest absolute Gasteiger partial charge is 0.306 e. The lowest BCUT2D eigenvalue weighted by atomic mass is 9.46. The van der Waals surface area contributed by atoms with Crippen LogP contribution in [0.15, 0.2) is 0 Å². The number of hydrogen-bond donors (Lipinski definition) is 1. The summed E-state index contributed by atoms with van der Waals surface area (Å²) in [5.41, 5.74) is 0.0966. The van der Waals surface area contributed by atoms with Gasteiger partial charge in [-0.25, -0.2) is 0 Å². The molecule has 0 aromatic rings. The van der Waals surface area contributed by atoms with Crippen molar-refractivity contribution in [3.63, 3.8) is 0 Å². The van der Waals surface area contributed by atoms with Crippen LogP contribution in [-0.2, 0) is 4.79 Å². The van der Waals surface area contributed by atoms with E-state index in [4.69, 9.17) is 0 Å². The second kappa shape index (κ2) is 3.24. The van der Waals surface area contributed by atoms with Crippen molar-refractivity contribution in [2.45, 2.75) is 49.8 Å². The van der Waals surface area contributed by atoms with Gasteiger partial charge in [-0.3, -0.25) is 4.79 Å². The van der Waals surface area contributed by atoms with Gasteiger partial charge in [0.1, 0.15) is 0 Å². The first-order valence-corrected chi connectivity index (χ1v) is 7.14. The molecule has 3 atom stereocenters. The van der Waals surface area contributed by atoms with Crippen LogP contribution in [0.4, 0.5) is 0 Å². The van der Waals surface area contributed by atoms with Crippen LogP contribution < -0.4 is 0 Å². The fourth-order valence-electron chi connectivity index (χ4n) is 4.99. The third-order valence-electron chi connectivity index (χ3n) is 5.32. The predicted molar refractivity (Wildman–Crippen MR) is 65.6 cm³/mol. The Morgan fingerprint density at radius 3 is 2.31 bits per heavy atom. The molecule has 0 amide bonds. The Morgan fingerprint density at radius 1 is 1.31 bits per heavy atom. The molecule has 4 bridgehead atoms. The normalized spacial score (nSPS) is 51.6. The topological polar surface area (TPSA) is 37.3 Å². The molecule has 4 aliphatic carbocycles. The van der Waals surface area contributed by atoms with Gasteiger partial charge < -0.3 is 5.11 Å². The summed E-state index contributed by atoms with van der Waals surface area (Å²) in [7, 11) is 0. The number of carboxylic acid groups (broad SMARTS) is 1. The molecule has 0 spiro atoms. The Hall–Kier alpha value is -0.0500. The number of aliphatic carboxylic acids is 1. The van der Waals surface area contributed by atoms with E-state index >= 15 is 0 Å². The zero-order valence-corrected chi connectivity index (χ0v) is 11.3. The monoisotopic (exact) mass is 286 g/mol. The Labute approximate surface area is 105 Å². The number of carboxylic acids is 1. The molecule has 1 N–H and O–H groups in total. The molecule has 0 aliphatic heterocycles. The van der Waals surface area contributed by atoms with Crippen molar-refractivity contribution in [1.29, 1.82) is 0 Å². The van der Waals surface area contributed by atoms with Gasteiger partial charge in [0.25, 0.3) is 0 Å². The minimum Gasteiger partial charge on any atom is -0.481 e. The van der Waals surface area contributed by atoms with Gasteiger partial charge in [0, 0.05) is 4.32 Å². The van der Waals surface area contributed by atoms with Gasteiger partial charge in [0.2, 0.25) is 0 Å². The van der Waals surface area contributed by atoms with Gasteiger partial charge in [-0.05, 0) is 55.8 Å². The number of carbonyl (C=O) groups is 1. The molecule has 16 heavy (non-hydrogen) atoms. The molecule has 4 saturated carbocycles. The van der Waals surface area contributed by atoms with Crippen LogP contribution in [0.3, 0.4) is 0 Å². The van der Waals surface area contributed by atoms with E-state index in [9.17, 15) is 9.90 Å². The zero-order valence-electron chi connectivity index (χ0n) is 9.71. The third-order valence-corrected chi connectivity index (χ3v) is 6.25. The quantitative estimate of drug-likeness (QED) is 0.790. The van der Waals surface area contributed by atoms with Gasteiger partial charge >= 0.3 is 5.97 Å². The van der Waals surface area contributed by atoms with E-state index < -0.39 is 5.97 Å². The van der Waals surface area contributed by atoms with Crippen molar-refractivity contribution in [3.05, 3.63) is 0 Å². The minimum absolute atomic E-state index is 0.0966. The Balaban J connectivity index is 1.94. The van der Waals surface area contributed by atoms with E-state index in [1.807, 2.05) is 6.92 Å². The maximum absolute atomic E-state index is 11.3. The molecular weight excluding hydrogens is 268 g/mol. The van der Waals surface area contributed by atoms with E-state index in [1.165, 1.54) is 19.3 Å². The van der Waals surface area contributed by atoms with Gasteiger partial charge in [0.05, 0.1) is 5.92 Å². The highest BCUT2D eigenvalue weighted by atomic mass is 79.9. The maximum Gasteiger partial charge on any atom is 0.306 e. The van der Waals surface area contributed by atoms with Crippen LogP contribution in [0.2, 0.25) is 0 Å². The largest absolute Gasteiger partial charge is 0.481 e. The van der Waals surface area contributed by atoms with Crippen LogP contribution in [0.1, 0.15) is 45.4 Å². The molecule has 0 heterocycles. The number of hydrogen-bond acceptors (Lipinski definition) is 1. The molecular formula is C13H19BrO2.